The lowest BCUT2D eigenvalue weighted by Crippen LogP contribution is -2.13. The highest BCUT2D eigenvalue weighted by Gasteiger charge is 2.15. The van der Waals surface area contributed by atoms with Gasteiger partial charge in [0.25, 0.3) is 5.91 Å². The van der Waals surface area contributed by atoms with Gasteiger partial charge < -0.3 is 14.8 Å². The first-order chi connectivity index (χ1) is 16.4. The van der Waals surface area contributed by atoms with Gasteiger partial charge in [-0.3, -0.25) is 4.79 Å². The maximum Gasteiger partial charge on any atom is 0.266 e. The molecule has 0 aliphatic carbocycles. The van der Waals surface area contributed by atoms with E-state index >= 15 is 0 Å². The van der Waals surface area contributed by atoms with Crippen molar-refractivity contribution in [3.63, 3.8) is 0 Å². The summed E-state index contributed by atoms with van der Waals surface area (Å²) in [5.74, 6) is -0.0501. The normalized spacial score (nSPS) is 10.8. The van der Waals surface area contributed by atoms with E-state index in [1.807, 2.05) is 24.3 Å². The van der Waals surface area contributed by atoms with Crippen LogP contribution >= 0.6 is 11.6 Å². The van der Waals surface area contributed by atoms with Crippen LogP contribution in [0, 0.1) is 17.1 Å². The number of benzene rings is 3. The minimum Gasteiger partial charge on any atom is -0.493 e. The maximum absolute atomic E-state index is 13.1. The molecule has 7 heteroatoms. The summed E-state index contributed by atoms with van der Waals surface area (Å²) in [6.45, 7) is 4.08. The predicted octanol–water partition coefficient (Wildman–Crippen LogP) is 6.34. The van der Waals surface area contributed by atoms with Gasteiger partial charge in [0, 0.05) is 16.3 Å². The third-order valence-electron chi connectivity index (χ3n) is 4.79. The van der Waals surface area contributed by atoms with Gasteiger partial charge in [0.15, 0.2) is 11.5 Å². The molecule has 1 amide bonds. The summed E-state index contributed by atoms with van der Waals surface area (Å²) >= 11 is 6.06. The van der Waals surface area contributed by atoms with Gasteiger partial charge in [0.05, 0.1) is 7.11 Å². The molecule has 0 saturated heterocycles. The van der Waals surface area contributed by atoms with Crippen LogP contribution in [0.1, 0.15) is 16.7 Å². The molecular weight excluding hydrogens is 455 g/mol. The van der Waals surface area contributed by atoms with Crippen molar-refractivity contribution in [3.05, 3.63) is 106 Å². The van der Waals surface area contributed by atoms with E-state index in [-0.39, 0.29) is 12.2 Å². The van der Waals surface area contributed by atoms with Crippen LogP contribution < -0.4 is 14.8 Å². The molecule has 5 nitrogen and oxygen atoms in total. The minimum absolute atomic E-state index is 0.122. The standard InChI is InChI=1S/C27H22ClFN2O3/c1-3-5-20-12-19(13-21(16-30)27(32)31-24-10-8-23(29)9-11-24)15-25(33-2)26(20)34-17-18-6-4-7-22(28)14-18/h3-4,6-15H,1,5,17H2,2H3,(H,31,32)/b21-13+. The molecule has 0 radical (unpaired) electrons. The molecule has 0 spiro atoms. The zero-order valence-electron chi connectivity index (χ0n) is 18.5. The number of nitrogens with zero attached hydrogens (tertiary/aromatic N) is 1. The number of allylic oxidation sites excluding steroid dienone is 1. The third kappa shape index (κ3) is 6.47. The number of carbonyl (C=O) groups is 1. The Bertz CT molecular complexity index is 1260. The number of hydrogen-bond donors (Lipinski definition) is 1. The van der Waals surface area contributed by atoms with Gasteiger partial charge >= 0.3 is 0 Å². The average Bonchev–Trinajstić information content (AvgIpc) is 2.83. The summed E-state index contributed by atoms with van der Waals surface area (Å²) in [5.41, 5.74) is 2.51. The van der Waals surface area contributed by atoms with Crippen LogP contribution in [0.3, 0.4) is 0 Å². The zero-order valence-corrected chi connectivity index (χ0v) is 19.2. The molecule has 0 aromatic heterocycles. The number of amides is 1. The molecule has 0 bridgehead atoms. The molecule has 0 aliphatic heterocycles. The van der Waals surface area contributed by atoms with Crippen LogP contribution in [-0.4, -0.2) is 13.0 Å². The lowest BCUT2D eigenvalue weighted by atomic mass is 10.0. The fourth-order valence-electron chi connectivity index (χ4n) is 3.22. The number of rotatable bonds is 9. The number of anilines is 1. The first kappa shape index (κ1) is 24.6. The second-order valence-electron chi connectivity index (χ2n) is 7.25. The Morgan fingerprint density at radius 3 is 2.62 bits per heavy atom. The average molecular weight is 477 g/mol. The topological polar surface area (TPSA) is 71.4 Å². The van der Waals surface area contributed by atoms with Crippen LogP contribution in [-0.2, 0) is 17.8 Å². The second kappa shape index (κ2) is 11.7. The van der Waals surface area contributed by atoms with E-state index in [0.29, 0.717) is 34.2 Å². The Morgan fingerprint density at radius 2 is 1.97 bits per heavy atom. The quantitative estimate of drug-likeness (QED) is 0.222. The molecule has 3 rings (SSSR count). The lowest BCUT2D eigenvalue weighted by molar-refractivity contribution is -0.112. The fourth-order valence-corrected chi connectivity index (χ4v) is 3.43. The monoisotopic (exact) mass is 476 g/mol. The Kier molecular flexibility index (Phi) is 8.44. The van der Waals surface area contributed by atoms with E-state index in [1.165, 1.54) is 37.5 Å². The Balaban J connectivity index is 1.89. The first-order valence-electron chi connectivity index (χ1n) is 10.3. The van der Waals surface area contributed by atoms with Crippen LogP contribution in [0.5, 0.6) is 11.5 Å². The number of methoxy groups -OCH3 is 1. The Hall–Kier alpha value is -4.08. The molecule has 3 aromatic rings. The number of hydrogen-bond acceptors (Lipinski definition) is 4. The van der Waals surface area contributed by atoms with Crippen molar-refractivity contribution in [3.8, 4) is 17.6 Å². The van der Waals surface area contributed by atoms with Gasteiger partial charge in [-0.1, -0.05) is 29.8 Å². The maximum atomic E-state index is 13.1. The molecule has 3 aromatic carbocycles. The molecular formula is C27H22ClFN2O3. The van der Waals surface area contributed by atoms with Gasteiger partial charge in [-0.25, -0.2) is 4.39 Å². The zero-order chi connectivity index (χ0) is 24.5. The van der Waals surface area contributed by atoms with Crippen LogP contribution in [0.4, 0.5) is 10.1 Å². The fraction of sp³-hybridized carbons (Fsp3) is 0.111. The number of nitriles is 1. The first-order valence-corrected chi connectivity index (χ1v) is 10.7. The highest BCUT2D eigenvalue weighted by Crippen LogP contribution is 2.35. The highest BCUT2D eigenvalue weighted by atomic mass is 35.5. The van der Waals surface area contributed by atoms with Crippen molar-refractivity contribution in [1.29, 1.82) is 5.26 Å². The Morgan fingerprint density at radius 1 is 1.21 bits per heavy atom. The lowest BCUT2D eigenvalue weighted by Gasteiger charge is -2.16. The summed E-state index contributed by atoms with van der Waals surface area (Å²) in [7, 11) is 1.51. The van der Waals surface area contributed by atoms with E-state index in [4.69, 9.17) is 21.1 Å². The number of carbonyl (C=O) groups excluding carboxylic acids is 1. The van der Waals surface area contributed by atoms with Crippen molar-refractivity contribution in [2.24, 2.45) is 0 Å². The van der Waals surface area contributed by atoms with Crippen LogP contribution in [0.15, 0.2) is 78.9 Å². The number of ether oxygens (including phenoxy) is 2. The summed E-state index contributed by atoms with van der Waals surface area (Å²) < 4.78 is 24.7. The molecule has 0 unspecified atom stereocenters. The number of nitrogens with one attached hydrogen (secondary N) is 1. The van der Waals surface area contributed by atoms with Crippen molar-refractivity contribution in [2.45, 2.75) is 13.0 Å². The SMILES string of the molecule is C=CCc1cc(/C=C(\C#N)C(=O)Nc2ccc(F)cc2)cc(OC)c1OCc1cccc(Cl)c1. The van der Waals surface area contributed by atoms with Crippen molar-refractivity contribution >= 4 is 29.3 Å². The van der Waals surface area contributed by atoms with E-state index in [9.17, 15) is 14.4 Å². The summed E-state index contributed by atoms with van der Waals surface area (Å²) in [6, 6.07) is 18.0. The second-order valence-corrected chi connectivity index (χ2v) is 7.69. The van der Waals surface area contributed by atoms with E-state index < -0.39 is 11.7 Å². The van der Waals surface area contributed by atoms with E-state index in [2.05, 4.69) is 11.9 Å². The highest BCUT2D eigenvalue weighted by molar-refractivity contribution is 6.30. The van der Waals surface area contributed by atoms with Crippen LogP contribution in [0.2, 0.25) is 5.02 Å². The van der Waals surface area contributed by atoms with Crippen molar-refractivity contribution in [2.75, 3.05) is 12.4 Å². The summed E-state index contributed by atoms with van der Waals surface area (Å²) in [4.78, 5) is 12.6. The van der Waals surface area contributed by atoms with Gasteiger partial charge in [0.2, 0.25) is 0 Å². The van der Waals surface area contributed by atoms with Gasteiger partial charge in [-0.05, 0) is 72.2 Å². The Labute approximate surface area is 202 Å². The van der Waals surface area contributed by atoms with E-state index in [1.54, 1.807) is 24.3 Å². The van der Waals surface area contributed by atoms with E-state index in [0.717, 1.165) is 11.1 Å². The number of halogens is 2. The van der Waals surface area contributed by atoms with Gasteiger partial charge in [-0.15, -0.1) is 6.58 Å². The third-order valence-corrected chi connectivity index (χ3v) is 5.02. The molecule has 0 atom stereocenters. The molecule has 0 heterocycles. The summed E-state index contributed by atoms with van der Waals surface area (Å²) in [6.07, 6.45) is 3.66. The molecule has 0 aliphatic rings. The molecule has 1 N–H and O–H groups in total. The largest absolute Gasteiger partial charge is 0.493 e. The smallest absolute Gasteiger partial charge is 0.266 e. The molecule has 172 valence electrons. The van der Waals surface area contributed by atoms with Gasteiger partial charge in [0.1, 0.15) is 24.1 Å². The minimum atomic E-state index is -0.611. The van der Waals surface area contributed by atoms with Crippen molar-refractivity contribution in [1.82, 2.24) is 0 Å². The molecule has 0 fully saturated rings. The molecule has 34 heavy (non-hydrogen) atoms. The predicted molar refractivity (Wildman–Crippen MR) is 131 cm³/mol. The molecule has 0 saturated carbocycles. The van der Waals surface area contributed by atoms with Crippen LogP contribution in [0.25, 0.3) is 6.08 Å². The summed E-state index contributed by atoms with van der Waals surface area (Å²) in [5, 5.41) is 12.7. The van der Waals surface area contributed by atoms with Gasteiger partial charge in [-0.2, -0.15) is 5.26 Å². The van der Waals surface area contributed by atoms with Crippen molar-refractivity contribution < 1.29 is 18.7 Å².